The number of rotatable bonds is 39. The van der Waals surface area contributed by atoms with Crippen LogP contribution in [0.1, 0.15) is 187 Å². The summed E-state index contributed by atoms with van der Waals surface area (Å²) in [5.74, 6) is -0.535. The van der Waals surface area contributed by atoms with Gasteiger partial charge in [-0.25, -0.2) is 4.57 Å². The van der Waals surface area contributed by atoms with Crippen LogP contribution < -0.4 is 5.32 Å². The summed E-state index contributed by atoms with van der Waals surface area (Å²) in [6.45, 7) is 3.49. The molecule has 0 aliphatic heterocycles. The van der Waals surface area contributed by atoms with E-state index in [0.717, 1.165) is 64.2 Å². The van der Waals surface area contributed by atoms with E-state index in [9.17, 15) is 24.2 Å². The minimum absolute atomic E-state index is 0.0734. The lowest BCUT2D eigenvalue weighted by atomic mass is 10.1. The van der Waals surface area contributed by atoms with E-state index < -0.39 is 26.5 Å². The molecule has 52 heavy (non-hydrogen) atoms. The number of unbranched alkanes of at least 4 members (excludes halogenated alkanes) is 20. The second-order valence-corrected chi connectivity index (χ2v) is 15.4. The third-order valence-corrected chi connectivity index (χ3v) is 9.78. The first-order valence-electron chi connectivity index (χ1n) is 21.0. The van der Waals surface area contributed by atoms with Gasteiger partial charge in [-0.05, 0) is 64.2 Å². The van der Waals surface area contributed by atoms with Gasteiger partial charge in [-0.1, -0.05) is 147 Å². The molecule has 1 amide bonds. The lowest BCUT2D eigenvalue weighted by molar-refractivity contribution is -0.147. The number of nitrogens with one attached hydrogen (secondary N) is 1. The molecule has 0 aromatic carbocycles. The molecule has 0 aliphatic carbocycles. The van der Waals surface area contributed by atoms with E-state index in [1.807, 2.05) is 0 Å². The van der Waals surface area contributed by atoms with Crippen molar-refractivity contribution >= 4 is 19.7 Å². The first-order chi connectivity index (χ1) is 25.3. The summed E-state index contributed by atoms with van der Waals surface area (Å²) in [4.78, 5) is 33.8. The maximum atomic E-state index is 12.1. The Morgan fingerprint density at radius 3 is 1.62 bits per heavy atom. The van der Waals surface area contributed by atoms with E-state index in [4.69, 9.17) is 13.8 Å². The minimum atomic E-state index is -4.42. The van der Waals surface area contributed by atoms with Gasteiger partial charge in [0.05, 0.1) is 13.2 Å². The Bertz CT molecular complexity index is 954. The zero-order chi connectivity index (χ0) is 38.2. The number of aliphatic hydroxyl groups excluding tert-OH is 1. The zero-order valence-electron chi connectivity index (χ0n) is 33.3. The van der Waals surface area contributed by atoms with Crippen molar-refractivity contribution in [3.8, 4) is 0 Å². The molecule has 0 saturated heterocycles. The highest BCUT2D eigenvalue weighted by atomic mass is 31.2. The van der Waals surface area contributed by atoms with E-state index in [1.165, 1.54) is 96.3 Å². The summed E-state index contributed by atoms with van der Waals surface area (Å²) in [6.07, 6.45) is 42.1. The summed E-state index contributed by atoms with van der Waals surface area (Å²) in [7, 11) is -4.42. The van der Waals surface area contributed by atoms with Crippen LogP contribution >= 0.6 is 7.82 Å². The average Bonchev–Trinajstić information content (AvgIpc) is 3.13. The number of carbonyl (C=O) groups excluding carboxylic acids is 2. The Morgan fingerprint density at radius 2 is 1.06 bits per heavy atom. The molecule has 0 heterocycles. The highest BCUT2D eigenvalue weighted by molar-refractivity contribution is 7.47. The smallest absolute Gasteiger partial charge is 0.463 e. The van der Waals surface area contributed by atoms with Gasteiger partial charge in [0.25, 0.3) is 0 Å². The molecule has 304 valence electrons. The SMILES string of the molecule is CCCC/C=C\C/C=C\CCCCCCCC(=O)NCCOP(=O)(O)OCC(O)COC(=O)CCCCCCCCC/C=C\CCCCCCCC. The van der Waals surface area contributed by atoms with Crippen molar-refractivity contribution in [2.45, 2.75) is 193 Å². The summed E-state index contributed by atoms with van der Waals surface area (Å²) < 4.78 is 26.8. The van der Waals surface area contributed by atoms with E-state index in [-0.39, 0.29) is 32.1 Å². The molecule has 2 unspecified atom stereocenters. The number of esters is 1. The van der Waals surface area contributed by atoms with Crippen LogP contribution in [0.2, 0.25) is 0 Å². The average molecular weight is 756 g/mol. The number of amides is 1. The number of phosphoric acid groups is 1. The predicted molar refractivity (Wildman–Crippen MR) is 215 cm³/mol. The van der Waals surface area contributed by atoms with Crippen molar-refractivity contribution < 1.29 is 37.9 Å². The lowest BCUT2D eigenvalue weighted by Crippen LogP contribution is -2.27. The molecular weight excluding hydrogens is 677 g/mol. The fourth-order valence-electron chi connectivity index (χ4n) is 5.57. The molecule has 0 aromatic rings. The number of hydrogen-bond acceptors (Lipinski definition) is 7. The second-order valence-electron chi connectivity index (χ2n) is 14.0. The van der Waals surface area contributed by atoms with Gasteiger partial charge in [-0.2, -0.15) is 0 Å². The van der Waals surface area contributed by atoms with Crippen molar-refractivity contribution in [1.82, 2.24) is 5.32 Å². The van der Waals surface area contributed by atoms with E-state index in [0.29, 0.717) is 6.42 Å². The highest BCUT2D eigenvalue weighted by Gasteiger charge is 2.23. The first-order valence-corrected chi connectivity index (χ1v) is 22.5. The van der Waals surface area contributed by atoms with E-state index >= 15 is 0 Å². The molecule has 0 aromatic heterocycles. The Morgan fingerprint density at radius 1 is 0.596 bits per heavy atom. The molecule has 2 atom stereocenters. The predicted octanol–water partition coefficient (Wildman–Crippen LogP) is 11.4. The number of allylic oxidation sites excluding steroid dienone is 6. The normalized spacial score (nSPS) is 13.7. The van der Waals surface area contributed by atoms with Crippen molar-refractivity contribution in [2.75, 3.05) is 26.4 Å². The monoisotopic (exact) mass is 756 g/mol. The maximum absolute atomic E-state index is 12.1. The molecule has 0 radical (unpaired) electrons. The van der Waals surface area contributed by atoms with Crippen LogP contribution in [-0.4, -0.2) is 54.3 Å². The molecule has 3 N–H and O–H groups in total. The Labute approximate surface area is 318 Å². The van der Waals surface area contributed by atoms with Crippen molar-refractivity contribution in [3.63, 3.8) is 0 Å². The Balaban J connectivity index is 3.62. The highest BCUT2D eigenvalue weighted by Crippen LogP contribution is 2.42. The third kappa shape index (κ3) is 39.4. The minimum Gasteiger partial charge on any atom is -0.463 e. The number of aliphatic hydroxyl groups is 1. The van der Waals surface area contributed by atoms with Crippen LogP contribution in [0.3, 0.4) is 0 Å². The largest absolute Gasteiger partial charge is 0.472 e. The van der Waals surface area contributed by atoms with Crippen LogP contribution in [0.5, 0.6) is 0 Å². The second kappa shape index (κ2) is 38.9. The quantitative estimate of drug-likeness (QED) is 0.0244. The van der Waals surface area contributed by atoms with Gasteiger partial charge in [0.1, 0.15) is 12.7 Å². The zero-order valence-corrected chi connectivity index (χ0v) is 34.1. The molecule has 0 aliphatic rings. The van der Waals surface area contributed by atoms with Gasteiger partial charge in [-0.3, -0.25) is 18.6 Å². The lowest BCUT2D eigenvalue weighted by Gasteiger charge is -2.15. The molecule has 10 heteroatoms. The van der Waals surface area contributed by atoms with Crippen LogP contribution in [0.25, 0.3) is 0 Å². The van der Waals surface area contributed by atoms with Crippen LogP contribution in [0.4, 0.5) is 0 Å². The van der Waals surface area contributed by atoms with Gasteiger partial charge in [-0.15, -0.1) is 0 Å². The van der Waals surface area contributed by atoms with Crippen LogP contribution in [0, 0.1) is 0 Å². The van der Waals surface area contributed by atoms with Gasteiger partial charge in [0, 0.05) is 19.4 Å². The third-order valence-electron chi connectivity index (χ3n) is 8.79. The van der Waals surface area contributed by atoms with Crippen molar-refractivity contribution in [1.29, 1.82) is 0 Å². The van der Waals surface area contributed by atoms with Gasteiger partial charge >= 0.3 is 13.8 Å². The summed E-state index contributed by atoms with van der Waals surface area (Å²) in [6, 6.07) is 0. The van der Waals surface area contributed by atoms with E-state index in [1.54, 1.807) is 0 Å². The molecule has 0 spiro atoms. The summed E-state index contributed by atoms with van der Waals surface area (Å²) in [5.41, 5.74) is 0. The molecular formula is C42H78NO8P. The van der Waals surface area contributed by atoms with Crippen molar-refractivity contribution in [2.24, 2.45) is 0 Å². The van der Waals surface area contributed by atoms with Gasteiger partial charge in [0.15, 0.2) is 0 Å². The van der Waals surface area contributed by atoms with Gasteiger partial charge in [0.2, 0.25) is 5.91 Å². The molecule has 0 saturated carbocycles. The topological polar surface area (TPSA) is 131 Å². The number of hydrogen-bond donors (Lipinski definition) is 3. The number of ether oxygens (including phenoxy) is 1. The number of carbonyl (C=O) groups is 2. The molecule has 0 fully saturated rings. The first kappa shape index (κ1) is 50.2. The maximum Gasteiger partial charge on any atom is 0.472 e. The Hall–Kier alpha value is -1.77. The van der Waals surface area contributed by atoms with Gasteiger partial charge < -0.3 is 20.1 Å². The summed E-state index contributed by atoms with van der Waals surface area (Å²) >= 11 is 0. The number of phosphoric ester groups is 1. The summed E-state index contributed by atoms with van der Waals surface area (Å²) in [5, 5.41) is 12.7. The van der Waals surface area contributed by atoms with Crippen LogP contribution in [0.15, 0.2) is 36.5 Å². The molecule has 0 bridgehead atoms. The Kier molecular flexibility index (Phi) is 37.6. The molecule has 9 nitrogen and oxygen atoms in total. The van der Waals surface area contributed by atoms with E-state index in [2.05, 4.69) is 55.6 Å². The van der Waals surface area contributed by atoms with Crippen molar-refractivity contribution in [3.05, 3.63) is 36.5 Å². The fourth-order valence-corrected chi connectivity index (χ4v) is 6.32. The standard InChI is InChI=1S/C42H78NO8P/c1-3-5-7-9-11-13-15-17-19-20-21-23-25-27-29-31-33-35-42(46)49-38-40(44)39-51-52(47,48)50-37-36-43-41(45)34-32-30-28-26-24-22-18-16-14-12-10-8-6-4-2/h10,12,16-19,40,44H,3-9,11,13-15,20-39H2,1-2H3,(H,43,45)(H,47,48)/b12-10-,18-16-,19-17-. The fraction of sp³-hybridized carbons (Fsp3) is 0.810. The molecule has 0 rings (SSSR count). The van der Waals surface area contributed by atoms with Crippen LogP contribution in [-0.2, 0) is 27.9 Å².